The number of carbonyl (C=O) groups excluding carboxylic acids is 1. The molecule has 0 aliphatic carbocycles. The van der Waals surface area contributed by atoms with Gasteiger partial charge in [-0.15, -0.1) is 0 Å². The monoisotopic (exact) mass is 304 g/mol. The number of para-hydroxylation sites is 2. The lowest BCUT2D eigenvalue weighted by atomic mass is 10.3. The molecule has 1 aromatic carbocycles. The van der Waals surface area contributed by atoms with Gasteiger partial charge in [0.15, 0.2) is 5.58 Å². The molecule has 0 bridgehead atoms. The number of piperazine rings is 1. The first kappa shape index (κ1) is 14.6. The second-order valence-corrected chi connectivity index (χ2v) is 5.69. The molecule has 7 nitrogen and oxygen atoms in total. The highest BCUT2D eigenvalue weighted by atomic mass is 16.4. The Balaban J connectivity index is 1.69. The Kier molecular flexibility index (Phi) is 3.89. The fraction of sp³-hybridized carbons (Fsp3) is 0.467. The van der Waals surface area contributed by atoms with E-state index >= 15 is 0 Å². The van der Waals surface area contributed by atoms with Gasteiger partial charge in [0, 0.05) is 40.3 Å². The van der Waals surface area contributed by atoms with Crippen molar-refractivity contribution in [2.75, 3.05) is 40.3 Å². The van der Waals surface area contributed by atoms with Gasteiger partial charge in [-0.1, -0.05) is 12.1 Å². The normalized spacial score (nSPS) is 16.2. The van der Waals surface area contributed by atoms with Crippen molar-refractivity contribution in [3.8, 4) is 0 Å². The molecule has 3 rings (SSSR count). The standard InChI is InChI=1S/C15H20N4O3/c1-16(2)14(20)18-9-7-17(8-10-18)11-19-12-5-3-4-6-13(12)22-15(19)21/h3-6H,7-11H2,1-2H3. The molecule has 1 saturated heterocycles. The highest BCUT2D eigenvalue weighted by Gasteiger charge is 2.23. The summed E-state index contributed by atoms with van der Waals surface area (Å²) in [6.45, 7) is 3.31. The van der Waals surface area contributed by atoms with Gasteiger partial charge in [-0.2, -0.15) is 0 Å². The summed E-state index contributed by atoms with van der Waals surface area (Å²) in [4.78, 5) is 29.5. The molecule has 0 atom stereocenters. The van der Waals surface area contributed by atoms with Gasteiger partial charge in [0.25, 0.3) is 0 Å². The number of hydrogen-bond donors (Lipinski definition) is 0. The van der Waals surface area contributed by atoms with Gasteiger partial charge in [-0.05, 0) is 12.1 Å². The Bertz CT molecular complexity index is 726. The van der Waals surface area contributed by atoms with E-state index in [1.807, 2.05) is 23.1 Å². The number of amides is 2. The van der Waals surface area contributed by atoms with Gasteiger partial charge in [0.05, 0.1) is 12.2 Å². The summed E-state index contributed by atoms with van der Waals surface area (Å²) in [5.74, 6) is -0.340. The Hall–Kier alpha value is -2.28. The Labute approximate surface area is 128 Å². The molecule has 0 radical (unpaired) electrons. The molecule has 0 N–H and O–H groups in total. The number of nitrogens with zero attached hydrogens (tertiary/aromatic N) is 4. The lowest BCUT2D eigenvalue weighted by molar-refractivity contribution is 0.105. The van der Waals surface area contributed by atoms with Crippen LogP contribution in [0, 0.1) is 0 Å². The van der Waals surface area contributed by atoms with Crippen molar-refractivity contribution >= 4 is 17.1 Å². The van der Waals surface area contributed by atoms with Crippen LogP contribution in [0.3, 0.4) is 0 Å². The maximum Gasteiger partial charge on any atom is 0.421 e. The van der Waals surface area contributed by atoms with Crippen molar-refractivity contribution in [3.63, 3.8) is 0 Å². The van der Waals surface area contributed by atoms with Crippen molar-refractivity contribution in [2.24, 2.45) is 0 Å². The smallest absolute Gasteiger partial charge is 0.408 e. The van der Waals surface area contributed by atoms with E-state index in [0.29, 0.717) is 25.3 Å². The average molecular weight is 304 g/mol. The lowest BCUT2D eigenvalue weighted by Crippen LogP contribution is -2.51. The summed E-state index contributed by atoms with van der Waals surface area (Å²) in [6.07, 6.45) is 0. The van der Waals surface area contributed by atoms with Crippen molar-refractivity contribution in [1.82, 2.24) is 19.3 Å². The molecule has 2 amide bonds. The summed E-state index contributed by atoms with van der Waals surface area (Å²) in [7, 11) is 3.51. The molecule has 0 unspecified atom stereocenters. The number of fused-ring (bicyclic) bond motifs is 1. The number of carbonyl (C=O) groups is 1. The summed E-state index contributed by atoms with van der Waals surface area (Å²) in [5.41, 5.74) is 1.41. The number of aromatic nitrogens is 1. The van der Waals surface area contributed by atoms with Crippen LogP contribution in [-0.2, 0) is 6.67 Å². The second kappa shape index (κ2) is 5.84. The van der Waals surface area contributed by atoms with E-state index in [1.165, 1.54) is 0 Å². The van der Waals surface area contributed by atoms with Gasteiger partial charge in [0.2, 0.25) is 0 Å². The summed E-state index contributed by atoms with van der Waals surface area (Å²) < 4.78 is 6.88. The van der Waals surface area contributed by atoms with E-state index in [4.69, 9.17) is 4.42 Å². The molecule has 0 spiro atoms. The Morgan fingerprint density at radius 2 is 1.86 bits per heavy atom. The van der Waals surface area contributed by atoms with Crippen molar-refractivity contribution in [3.05, 3.63) is 34.8 Å². The highest BCUT2D eigenvalue weighted by Crippen LogP contribution is 2.13. The molecule has 2 aromatic rings. The minimum atomic E-state index is -0.340. The minimum Gasteiger partial charge on any atom is -0.408 e. The lowest BCUT2D eigenvalue weighted by Gasteiger charge is -2.35. The quantitative estimate of drug-likeness (QED) is 0.825. The molecule has 1 fully saturated rings. The third-order valence-electron chi connectivity index (χ3n) is 3.94. The number of oxazole rings is 1. The molecule has 1 aliphatic rings. The van der Waals surface area contributed by atoms with E-state index in [9.17, 15) is 9.59 Å². The van der Waals surface area contributed by atoms with E-state index in [-0.39, 0.29) is 11.8 Å². The van der Waals surface area contributed by atoms with Crippen molar-refractivity contribution < 1.29 is 9.21 Å². The predicted octanol–water partition coefficient (Wildman–Crippen LogP) is 0.851. The molecular formula is C15H20N4O3. The van der Waals surface area contributed by atoms with Crippen LogP contribution in [0.1, 0.15) is 0 Å². The highest BCUT2D eigenvalue weighted by molar-refractivity contribution is 5.74. The van der Waals surface area contributed by atoms with Crippen molar-refractivity contribution in [2.45, 2.75) is 6.67 Å². The molecule has 22 heavy (non-hydrogen) atoms. The zero-order chi connectivity index (χ0) is 15.7. The summed E-state index contributed by atoms with van der Waals surface area (Å²) in [6, 6.07) is 7.45. The van der Waals surface area contributed by atoms with Gasteiger partial charge >= 0.3 is 11.8 Å². The molecular weight excluding hydrogens is 284 g/mol. The first-order valence-electron chi connectivity index (χ1n) is 7.33. The fourth-order valence-corrected chi connectivity index (χ4v) is 2.71. The van der Waals surface area contributed by atoms with E-state index in [2.05, 4.69) is 4.90 Å². The minimum absolute atomic E-state index is 0.0329. The predicted molar refractivity (Wildman–Crippen MR) is 82.7 cm³/mol. The topological polar surface area (TPSA) is 61.9 Å². The molecule has 1 aromatic heterocycles. The van der Waals surface area contributed by atoms with Crippen LogP contribution in [0.5, 0.6) is 0 Å². The average Bonchev–Trinajstić information content (AvgIpc) is 2.83. The zero-order valence-electron chi connectivity index (χ0n) is 12.9. The third-order valence-corrected chi connectivity index (χ3v) is 3.94. The van der Waals surface area contributed by atoms with Gasteiger partial charge in [-0.25, -0.2) is 9.59 Å². The Morgan fingerprint density at radius 3 is 2.55 bits per heavy atom. The SMILES string of the molecule is CN(C)C(=O)N1CCN(Cn2c(=O)oc3ccccc32)CC1. The second-order valence-electron chi connectivity index (χ2n) is 5.69. The van der Waals surface area contributed by atoms with Crippen molar-refractivity contribution in [1.29, 1.82) is 0 Å². The van der Waals surface area contributed by atoms with Crippen LogP contribution in [0.4, 0.5) is 4.79 Å². The number of hydrogen-bond acceptors (Lipinski definition) is 4. The first-order chi connectivity index (χ1) is 10.6. The first-order valence-corrected chi connectivity index (χ1v) is 7.33. The van der Waals surface area contributed by atoms with Crippen LogP contribution >= 0.6 is 0 Å². The number of rotatable bonds is 2. The zero-order valence-corrected chi connectivity index (χ0v) is 12.9. The molecule has 2 heterocycles. The molecule has 118 valence electrons. The maximum absolute atomic E-state index is 12.0. The van der Waals surface area contributed by atoms with E-state index < -0.39 is 0 Å². The molecule has 7 heteroatoms. The third kappa shape index (κ3) is 2.71. The largest absolute Gasteiger partial charge is 0.421 e. The van der Waals surface area contributed by atoms with Crippen LogP contribution in [0.15, 0.2) is 33.5 Å². The van der Waals surface area contributed by atoms with E-state index in [1.54, 1.807) is 29.6 Å². The maximum atomic E-state index is 12.0. The molecule has 0 saturated carbocycles. The van der Waals surface area contributed by atoms with Crippen LogP contribution in [-0.4, -0.2) is 65.6 Å². The van der Waals surface area contributed by atoms with Crippen LogP contribution in [0.25, 0.3) is 11.1 Å². The Morgan fingerprint density at radius 1 is 1.18 bits per heavy atom. The van der Waals surface area contributed by atoms with Gasteiger partial charge in [-0.3, -0.25) is 9.47 Å². The fourth-order valence-electron chi connectivity index (χ4n) is 2.71. The number of benzene rings is 1. The van der Waals surface area contributed by atoms with Gasteiger partial charge in [0.1, 0.15) is 0 Å². The van der Waals surface area contributed by atoms with Crippen LogP contribution in [0.2, 0.25) is 0 Å². The van der Waals surface area contributed by atoms with Gasteiger partial charge < -0.3 is 14.2 Å². The molecule has 1 aliphatic heterocycles. The van der Waals surface area contributed by atoms with Crippen LogP contribution < -0.4 is 5.76 Å². The van der Waals surface area contributed by atoms with E-state index in [0.717, 1.165) is 18.6 Å². The number of urea groups is 1. The summed E-state index contributed by atoms with van der Waals surface area (Å²) >= 11 is 0. The summed E-state index contributed by atoms with van der Waals surface area (Å²) in [5, 5.41) is 0.